The number of aromatic nitrogens is 2. The molecule has 2 atom stereocenters. The van der Waals surface area contributed by atoms with Gasteiger partial charge in [-0.05, 0) is 70.7 Å². The van der Waals surface area contributed by atoms with Crippen LogP contribution in [-0.4, -0.2) is 57.5 Å². The lowest BCUT2D eigenvalue weighted by molar-refractivity contribution is -0.135. The molecule has 3 heterocycles. The molecule has 0 spiro atoms. The van der Waals surface area contributed by atoms with E-state index in [1.807, 2.05) is 24.5 Å². The average Bonchev–Trinajstić information content (AvgIpc) is 3.36. The van der Waals surface area contributed by atoms with Crippen LogP contribution in [0.3, 0.4) is 0 Å². The van der Waals surface area contributed by atoms with Gasteiger partial charge in [-0.1, -0.05) is 12.1 Å². The zero-order chi connectivity index (χ0) is 18.6. The fourth-order valence-corrected chi connectivity index (χ4v) is 4.76. The van der Waals surface area contributed by atoms with Crippen LogP contribution < -0.4 is 0 Å². The number of hydrogen-bond acceptors (Lipinski definition) is 3. The number of rotatable bonds is 6. The minimum Gasteiger partial charge on any atom is -0.340 e. The summed E-state index contributed by atoms with van der Waals surface area (Å²) in [6, 6.07) is 8.72. The third kappa shape index (κ3) is 4.18. The van der Waals surface area contributed by atoms with Crippen molar-refractivity contribution in [3.8, 4) is 0 Å². The van der Waals surface area contributed by atoms with E-state index in [9.17, 15) is 4.79 Å². The molecule has 4 rings (SSSR count). The molecule has 146 valence electrons. The van der Waals surface area contributed by atoms with Crippen molar-refractivity contribution in [2.45, 2.75) is 64.0 Å². The fourth-order valence-electron chi connectivity index (χ4n) is 4.76. The summed E-state index contributed by atoms with van der Waals surface area (Å²) in [5, 5.41) is 0. The Kier molecular flexibility index (Phi) is 5.77. The molecular formula is C22H32N4O. The molecule has 1 amide bonds. The van der Waals surface area contributed by atoms with Crippen molar-refractivity contribution in [3.05, 3.63) is 30.6 Å². The summed E-state index contributed by atoms with van der Waals surface area (Å²) < 4.78 is 2.15. The highest BCUT2D eigenvalue weighted by Crippen LogP contribution is 2.25. The zero-order valence-corrected chi connectivity index (χ0v) is 16.5. The molecule has 5 nitrogen and oxygen atoms in total. The van der Waals surface area contributed by atoms with E-state index in [2.05, 4.69) is 32.3 Å². The van der Waals surface area contributed by atoms with Crippen LogP contribution in [0.2, 0.25) is 0 Å². The molecule has 1 aromatic carbocycles. The highest BCUT2D eigenvalue weighted by atomic mass is 16.2. The van der Waals surface area contributed by atoms with E-state index in [1.165, 1.54) is 38.8 Å². The van der Waals surface area contributed by atoms with Gasteiger partial charge in [0.15, 0.2) is 0 Å². The van der Waals surface area contributed by atoms with Crippen molar-refractivity contribution < 1.29 is 4.79 Å². The monoisotopic (exact) mass is 368 g/mol. The molecule has 5 heteroatoms. The van der Waals surface area contributed by atoms with Crippen LogP contribution in [0.15, 0.2) is 30.6 Å². The van der Waals surface area contributed by atoms with Gasteiger partial charge < -0.3 is 14.4 Å². The van der Waals surface area contributed by atoms with Crippen molar-refractivity contribution in [3.63, 3.8) is 0 Å². The molecule has 2 fully saturated rings. The second kappa shape index (κ2) is 8.42. The summed E-state index contributed by atoms with van der Waals surface area (Å²) in [7, 11) is 0. The topological polar surface area (TPSA) is 41.4 Å². The lowest BCUT2D eigenvalue weighted by atomic mass is 9.98. The number of nitrogens with zero attached hydrogens (tertiary/aromatic N) is 4. The van der Waals surface area contributed by atoms with Gasteiger partial charge in [-0.25, -0.2) is 4.98 Å². The molecule has 0 radical (unpaired) electrons. The number of likely N-dealkylation sites (tertiary alicyclic amines) is 2. The quantitative estimate of drug-likeness (QED) is 0.778. The minimum atomic E-state index is 0.131. The van der Waals surface area contributed by atoms with E-state index >= 15 is 0 Å². The first kappa shape index (κ1) is 18.5. The van der Waals surface area contributed by atoms with Crippen LogP contribution in [-0.2, 0) is 4.79 Å². The van der Waals surface area contributed by atoms with Crippen LogP contribution in [0.1, 0.15) is 57.9 Å². The smallest absolute Gasteiger partial charge is 0.224 e. The Morgan fingerprint density at radius 3 is 2.78 bits per heavy atom. The predicted octanol–water partition coefficient (Wildman–Crippen LogP) is 3.85. The first-order valence-electron chi connectivity index (χ1n) is 10.7. The number of carbonyl (C=O) groups excluding carboxylic acids is 1. The van der Waals surface area contributed by atoms with Gasteiger partial charge in [0.25, 0.3) is 0 Å². The molecule has 2 saturated heterocycles. The third-order valence-corrected chi connectivity index (χ3v) is 6.35. The summed E-state index contributed by atoms with van der Waals surface area (Å²) >= 11 is 0. The van der Waals surface area contributed by atoms with Gasteiger partial charge in [0.05, 0.1) is 17.4 Å². The van der Waals surface area contributed by atoms with Crippen molar-refractivity contribution in [1.29, 1.82) is 0 Å². The largest absolute Gasteiger partial charge is 0.340 e. The van der Waals surface area contributed by atoms with Crippen molar-refractivity contribution in [1.82, 2.24) is 19.4 Å². The normalized spacial score (nSPS) is 22.4. The molecular weight excluding hydrogens is 336 g/mol. The number of hydrogen-bond donors (Lipinski definition) is 0. The first-order valence-corrected chi connectivity index (χ1v) is 10.7. The molecule has 27 heavy (non-hydrogen) atoms. The maximum Gasteiger partial charge on any atom is 0.224 e. The number of imidazole rings is 1. The molecule has 2 aromatic rings. The Morgan fingerprint density at radius 1 is 1.15 bits per heavy atom. The number of fused-ring (bicyclic) bond motifs is 1. The average molecular weight is 369 g/mol. The van der Waals surface area contributed by atoms with Gasteiger partial charge in [0, 0.05) is 31.6 Å². The van der Waals surface area contributed by atoms with Crippen LogP contribution >= 0.6 is 0 Å². The Morgan fingerprint density at radius 2 is 1.93 bits per heavy atom. The lowest BCUT2D eigenvalue weighted by Crippen LogP contribution is -2.45. The molecule has 0 saturated carbocycles. The van der Waals surface area contributed by atoms with E-state index < -0.39 is 0 Å². The highest BCUT2D eigenvalue weighted by molar-refractivity contribution is 5.78. The van der Waals surface area contributed by atoms with Crippen LogP contribution in [0.25, 0.3) is 11.0 Å². The van der Waals surface area contributed by atoms with Crippen LogP contribution in [0.5, 0.6) is 0 Å². The number of amides is 1. The molecule has 1 aromatic heterocycles. The van der Waals surface area contributed by atoms with Crippen LogP contribution in [0.4, 0.5) is 0 Å². The number of piperidine rings is 1. The van der Waals surface area contributed by atoms with Gasteiger partial charge in [-0.15, -0.1) is 0 Å². The molecule has 2 aliphatic rings. The molecule has 0 N–H and O–H groups in total. The maximum absolute atomic E-state index is 13.1. The summed E-state index contributed by atoms with van der Waals surface area (Å²) in [4.78, 5) is 22.4. The lowest BCUT2D eigenvalue weighted by Gasteiger charge is -2.37. The Balaban J connectivity index is 1.39. The Labute approximate surface area is 162 Å². The first-order chi connectivity index (χ1) is 13.2. The predicted molar refractivity (Wildman–Crippen MR) is 109 cm³/mol. The Hall–Kier alpha value is -1.88. The van der Waals surface area contributed by atoms with E-state index in [-0.39, 0.29) is 6.04 Å². The van der Waals surface area contributed by atoms with Gasteiger partial charge >= 0.3 is 0 Å². The molecule has 2 aliphatic heterocycles. The summed E-state index contributed by atoms with van der Waals surface area (Å²) in [6.45, 7) is 6.70. The molecule has 0 unspecified atom stereocenters. The van der Waals surface area contributed by atoms with Crippen LogP contribution in [0, 0.1) is 0 Å². The van der Waals surface area contributed by atoms with Gasteiger partial charge in [-0.2, -0.15) is 0 Å². The second-order valence-corrected chi connectivity index (χ2v) is 8.27. The summed E-state index contributed by atoms with van der Waals surface area (Å²) in [5.74, 6) is 0.311. The summed E-state index contributed by atoms with van der Waals surface area (Å²) in [6.07, 6.45) is 9.82. The SMILES string of the molecule is C[C@H](CC(=O)N1CCCC[C@H]1CCN1CCCC1)n1cnc2ccccc21. The number of para-hydroxylation sites is 2. The van der Waals surface area contributed by atoms with Gasteiger partial charge in [-0.3, -0.25) is 4.79 Å². The number of carbonyl (C=O) groups is 1. The third-order valence-electron chi connectivity index (χ3n) is 6.35. The second-order valence-electron chi connectivity index (χ2n) is 8.27. The molecule has 0 aliphatic carbocycles. The van der Waals surface area contributed by atoms with E-state index in [0.29, 0.717) is 18.4 Å². The fraction of sp³-hybridized carbons (Fsp3) is 0.636. The molecule has 0 bridgehead atoms. The van der Waals surface area contributed by atoms with E-state index in [1.54, 1.807) is 0 Å². The standard InChI is InChI=1S/C22H32N4O/c1-18(26-17-23-20-9-2-3-10-21(20)26)16-22(27)25-14-5-4-8-19(25)11-15-24-12-6-7-13-24/h2-3,9-10,17-19H,4-8,11-16H2,1H3/t18-,19+/m1/s1. The van der Waals surface area contributed by atoms with E-state index in [4.69, 9.17) is 0 Å². The summed E-state index contributed by atoms with van der Waals surface area (Å²) in [5.41, 5.74) is 2.11. The number of benzene rings is 1. The minimum absolute atomic E-state index is 0.131. The Bertz CT molecular complexity index is 765. The maximum atomic E-state index is 13.1. The van der Waals surface area contributed by atoms with Crippen molar-refractivity contribution in [2.24, 2.45) is 0 Å². The van der Waals surface area contributed by atoms with Gasteiger partial charge in [0.1, 0.15) is 0 Å². The van der Waals surface area contributed by atoms with Gasteiger partial charge in [0.2, 0.25) is 5.91 Å². The van der Waals surface area contributed by atoms with E-state index in [0.717, 1.165) is 37.0 Å². The highest BCUT2D eigenvalue weighted by Gasteiger charge is 2.28. The zero-order valence-electron chi connectivity index (χ0n) is 16.5. The van der Waals surface area contributed by atoms with Crippen molar-refractivity contribution >= 4 is 16.9 Å². The van der Waals surface area contributed by atoms with Crippen molar-refractivity contribution in [2.75, 3.05) is 26.2 Å².